The van der Waals surface area contributed by atoms with E-state index in [0.29, 0.717) is 29.3 Å². The topological polar surface area (TPSA) is 65.1 Å². The highest BCUT2D eigenvalue weighted by Gasteiger charge is 2.39. The normalized spacial score (nSPS) is 24.8. The molecule has 24 heavy (non-hydrogen) atoms. The standard InChI is InChI=1S/C18H25N5O/c1-11(2)23-14-4-5-15(23)10-22(7-6-14)18(24)13-8-16-12(3)20-21-17(16)19-9-13/h8-9,11,14-15H,4-7,10H2,1-3H3,(H,19,20,21). The van der Waals surface area contributed by atoms with Crippen molar-refractivity contribution < 1.29 is 4.79 Å². The summed E-state index contributed by atoms with van der Waals surface area (Å²) in [5, 5.41) is 8.00. The van der Waals surface area contributed by atoms with E-state index in [2.05, 4.69) is 33.9 Å². The fourth-order valence-corrected chi connectivity index (χ4v) is 4.46. The summed E-state index contributed by atoms with van der Waals surface area (Å²) < 4.78 is 0. The van der Waals surface area contributed by atoms with E-state index in [1.807, 2.05) is 17.9 Å². The van der Waals surface area contributed by atoms with E-state index in [4.69, 9.17) is 0 Å². The number of H-pyrrole nitrogens is 1. The number of aromatic nitrogens is 3. The summed E-state index contributed by atoms with van der Waals surface area (Å²) in [7, 11) is 0. The minimum Gasteiger partial charge on any atom is -0.337 e. The predicted octanol–water partition coefficient (Wildman–Crippen LogP) is 2.35. The quantitative estimate of drug-likeness (QED) is 0.919. The van der Waals surface area contributed by atoms with Gasteiger partial charge in [-0.3, -0.25) is 14.8 Å². The molecular weight excluding hydrogens is 302 g/mol. The van der Waals surface area contributed by atoms with Gasteiger partial charge in [-0.1, -0.05) is 0 Å². The Hall–Kier alpha value is -1.95. The largest absolute Gasteiger partial charge is 0.337 e. The highest BCUT2D eigenvalue weighted by molar-refractivity contribution is 5.97. The second kappa shape index (κ2) is 5.84. The third-order valence-corrected chi connectivity index (χ3v) is 5.57. The van der Waals surface area contributed by atoms with Crippen molar-refractivity contribution in [3.63, 3.8) is 0 Å². The van der Waals surface area contributed by atoms with Gasteiger partial charge in [0.2, 0.25) is 0 Å². The van der Waals surface area contributed by atoms with Crippen molar-refractivity contribution in [2.45, 2.75) is 58.2 Å². The first kappa shape index (κ1) is 15.6. The van der Waals surface area contributed by atoms with Crippen LogP contribution in [0.15, 0.2) is 12.3 Å². The number of fused-ring (bicyclic) bond motifs is 3. The molecule has 2 fully saturated rings. The Labute approximate surface area is 142 Å². The third-order valence-electron chi connectivity index (χ3n) is 5.57. The van der Waals surface area contributed by atoms with Gasteiger partial charge in [0, 0.05) is 48.5 Å². The lowest BCUT2D eigenvalue weighted by Crippen LogP contribution is -2.44. The minimum absolute atomic E-state index is 0.0984. The second-order valence-corrected chi connectivity index (χ2v) is 7.41. The van der Waals surface area contributed by atoms with Gasteiger partial charge in [-0.05, 0) is 46.1 Å². The Bertz CT molecular complexity index is 768. The number of aromatic amines is 1. The Morgan fingerprint density at radius 2 is 2.08 bits per heavy atom. The zero-order chi connectivity index (χ0) is 16.8. The molecule has 2 aromatic heterocycles. The minimum atomic E-state index is 0.0984. The predicted molar refractivity (Wildman–Crippen MR) is 92.9 cm³/mol. The highest BCUT2D eigenvalue weighted by Crippen LogP contribution is 2.32. The van der Waals surface area contributed by atoms with Crippen LogP contribution in [0.5, 0.6) is 0 Å². The molecule has 1 amide bonds. The first-order valence-corrected chi connectivity index (χ1v) is 8.92. The van der Waals surface area contributed by atoms with Gasteiger partial charge in [0.15, 0.2) is 5.65 Å². The molecule has 4 rings (SSSR count). The maximum Gasteiger partial charge on any atom is 0.255 e. The molecule has 0 radical (unpaired) electrons. The number of aryl methyl sites for hydroxylation is 1. The molecule has 6 heteroatoms. The van der Waals surface area contributed by atoms with Crippen molar-refractivity contribution in [3.8, 4) is 0 Å². The number of rotatable bonds is 2. The maximum atomic E-state index is 13.0. The molecule has 0 aromatic carbocycles. The van der Waals surface area contributed by atoms with Crippen LogP contribution < -0.4 is 0 Å². The number of carbonyl (C=O) groups is 1. The second-order valence-electron chi connectivity index (χ2n) is 7.41. The van der Waals surface area contributed by atoms with Gasteiger partial charge >= 0.3 is 0 Å². The fourth-order valence-electron chi connectivity index (χ4n) is 4.46. The van der Waals surface area contributed by atoms with Crippen LogP contribution in [0.25, 0.3) is 11.0 Å². The van der Waals surface area contributed by atoms with E-state index in [-0.39, 0.29) is 5.91 Å². The van der Waals surface area contributed by atoms with Gasteiger partial charge < -0.3 is 4.90 Å². The molecule has 6 nitrogen and oxygen atoms in total. The summed E-state index contributed by atoms with van der Waals surface area (Å²) in [6, 6.07) is 3.59. The molecule has 0 saturated carbocycles. The Kier molecular flexibility index (Phi) is 3.79. The maximum absolute atomic E-state index is 13.0. The number of likely N-dealkylation sites (tertiary alicyclic amines) is 1. The number of nitrogens with zero attached hydrogens (tertiary/aromatic N) is 4. The zero-order valence-electron chi connectivity index (χ0n) is 14.6. The summed E-state index contributed by atoms with van der Waals surface area (Å²) in [6.07, 6.45) is 5.20. The van der Waals surface area contributed by atoms with Crippen LogP contribution in [-0.2, 0) is 0 Å². The molecule has 0 spiro atoms. The zero-order valence-corrected chi connectivity index (χ0v) is 14.6. The Morgan fingerprint density at radius 1 is 1.29 bits per heavy atom. The van der Waals surface area contributed by atoms with E-state index in [9.17, 15) is 4.79 Å². The van der Waals surface area contributed by atoms with Crippen molar-refractivity contribution >= 4 is 16.9 Å². The number of carbonyl (C=O) groups excluding carboxylic acids is 1. The summed E-state index contributed by atoms with van der Waals surface area (Å²) >= 11 is 0. The summed E-state index contributed by atoms with van der Waals surface area (Å²) in [5.41, 5.74) is 2.29. The molecule has 2 aliphatic rings. The summed E-state index contributed by atoms with van der Waals surface area (Å²) in [5.74, 6) is 0.0984. The summed E-state index contributed by atoms with van der Waals surface area (Å²) in [4.78, 5) is 22.0. The molecular formula is C18H25N5O. The van der Waals surface area contributed by atoms with Crippen molar-refractivity contribution in [2.75, 3.05) is 13.1 Å². The van der Waals surface area contributed by atoms with Crippen molar-refractivity contribution in [3.05, 3.63) is 23.5 Å². The van der Waals surface area contributed by atoms with E-state index < -0.39 is 0 Å². The average Bonchev–Trinajstić information content (AvgIpc) is 3.06. The number of hydrogen-bond acceptors (Lipinski definition) is 4. The molecule has 128 valence electrons. The molecule has 4 heterocycles. The Balaban J connectivity index is 1.58. The molecule has 0 aliphatic carbocycles. The van der Waals surface area contributed by atoms with Crippen LogP contribution in [0.2, 0.25) is 0 Å². The van der Waals surface area contributed by atoms with Gasteiger partial charge in [-0.25, -0.2) is 4.98 Å². The van der Waals surface area contributed by atoms with Gasteiger partial charge in [0.25, 0.3) is 5.91 Å². The van der Waals surface area contributed by atoms with Crippen molar-refractivity contribution in [1.82, 2.24) is 25.0 Å². The lowest BCUT2D eigenvalue weighted by Gasteiger charge is -2.32. The summed E-state index contributed by atoms with van der Waals surface area (Å²) in [6.45, 7) is 8.16. The molecule has 1 N–H and O–H groups in total. The van der Waals surface area contributed by atoms with Crippen molar-refractivity contribution in [1.29, 1.82) is 0 Å². The van der Waals surface area contributed by atoms with Crippen LogP contribution >= 0.6 is 0 Å². The van der Waals surface area contributed by atoms with E-state index >= 15 is 0 Å². The van der Waals surface area contributed by atoms with Crippen LogP contribution in [-0.4, -0.2) is 62.1 Å². The third kappa shape index (κ3) is 2.49. The van der Waals surface area contributed by atoms with E-state index in [1.54, 1.807) is 6.20 Å². The highest BCUT2D eigenvalue weighted by atomic mass is 16.2. The first-order valence-electron chi connectivity index (χ1n) is 8.92. The van der Waals surface area contributed by atoms with Crippen LogP contribution in [0.4, 0.5) is 0 Å². The molecule has 2 atom stereocenters. The SMILES string of the molecule is Cc1[nH]nc2ncc(C(=O)N3CCC4CCC(C3)N4C(C)C)cc12. The molecule has 2 unspecified atom stereocenters. The number of hydrogen-bond donors (Lipinski definition) is 1. The lowest BCUT2D eigenvalue weighted by atomic mass is 10.1. The van der Waals surface area contributed by atoms with Gasteiger partial charge in [0.05, 0.1) is 5.56 Å². The molecule has 2 saturated heterocycles. The monoisotopic (exact) mass is 327 g/mol. The first-order chi connectivity index (χ1) is 11.5. The smallest absolute Gasteiger partial charge is 0.255 e. The van der Waals surface area contributed by atoms with Crippen molar-refractivity contribution in [2.24, 2.45) is 0 Å². The van der Waals surface area contributed by atoms with Gasteiger partial charge in [-0.15, -0.1) is 0 Å². The van der Waals surface area contributed by atoms with E-state index in [1.165, 1.54) is 12.8 Å². The molecule has 2 aliphatic heterocycles. The average molecular weight is 327 g/mol. The van der Waals surface area contributed by atoms with Gasteiger partial charge in [-0.2, -0.15) is 5.10 Å². The molecule has 2 bridgehead atoms. The van der Waals surface area contributed by atoms with Crippen LogP contribution in [0, 0.1) is 6.92 Å². The van der Waals surface area contributed by atoms with Crippen LogP contribution in [0.1, 0.15) is 49.2 Å². The number of amides is 1. The van der Waals surface area contributed by atoms with E-state index in [0.717, 1.165) is 30.6 Å². The number of pyridine rings is 1. The lowest BCUT2D eigenvalue weighted by molar-refractivity contribution is 0.0728. The molecule has 2 aromatic rings. The Morgan fingerprint density at radius 3 is 2.88 bits per heavy atom. The van der Waals surface area contributed by atoms with Crippen LogP contribution in [0.3, 0.4) is 0 Å². The van der Waals surface area contributed by atoms with Gasteiger partial charge in [0.1, 0.15) is 0 Å². The number of nitrogens with one attached hydrogen (secondary N) is 1. The fraction of sp³-hybridized carbons (Fsp3) is 0.611.